The van der Waals surface area contributed by atoms with Crippen LogP contribution in [0, 0.1) is 0 Å². The molecule has 0 radical (unpaired) electrons. The summed E-state index contributed by atoms with van der Waals surface area (Å²) < 4.78 is 33.8. The van der Waals surface area contributed by atoms with E-state index in [9.17, 15) is 13.2 Å². The van der Waals surface area contributed by atoms with Gasteiger partial charge in [0.25, 0.3) is 10.2 Å². The summed E-state index contributed by atoms with van der Waals surface area (Å²) in [6.45, 7) is 3.43. The number of hydrogen-bond acceptors (Lipinski definition) is 5. The molecule has 2 N–H and O–H groups in total. The zero-order valence-corrected chi connectivity index (χ0v) is 18.6. The molecule has 0 aliphatic heterocycles. The fraction of sp³-hybridized carbons (Fsp3) is 0.286. The van der Waals surface area contributed by atoms with Gasteiger partial charge >= 0.3 is 5.63 Å². The first-order valence-electron chi connectivity index (χ1n) is 9.46. The van der Waals surface area contributed by atoms with Crippen molar-refractivity contribution in [3.8, 4) is 0 Å². The standard InChI is InChI=1S/C21H24ClN3O4S/c1-4-25(3)13-17-15-9-5-6-11-19(15)29-21(26)16(17)12-14-8-7-10-18(20(14)22)24-30(27,28)23-2/h5-11,23-24H,4,12-13H2,1-3H3. The molecule has 0 saturated heterocycles. The summed E-state index contributed by atoms with van der Waals surface area (Å²) in [6.07, 6.45) is 0.216. The Kier molecular flexibility index (Phi) is 6.82. The Morgan fingerprint density at radius 3 is 2.53 bits per heavy atom. The van der Waals surface area contributed by atoms with Crippen molar-refractivity contribution in [2.45, 2.75) is 19.9 Å². The first kappa shape index (κ1) is 22.3. The molecule has 0 spiro atoms. The summed E-state index contributed by atoms with van der Waals surface area (Å²) in [5, 5.41) is 1.11. The van der Waals surface area contributed by atoms with Crippen LogP contribution in [-0.4, -0.2) is 34.0 Å². The lowest BCUT2D eigenvalue weighted by atomic mass is 9.98. The van der Waals surface area contributed by atoms with Crippen molar-refractivity contribution >= 4 is 38.5 Å². The molecular formula is C21H24ClN3O4S. The SMILES string of the molecule is CCN(C)Cc1c(Cc2cccc(NS(=O)(=O)NC)c2Cl)c(=O)oc2ccccc12. The number of fused-ring (bicyclic) bond motifs is 1. The summed E-state index contributed by atoms with van der Waals surface area (Å²) >= 11 is 6.48. The van der Waals surface area contributed by atoms with Crippen LogP contribution in [0.4, 0.5) is 5.69 Å². The highest BCUT2D eigenvalue weighted by atomic mass is 35.5. The van der Waals surface area contributed by atoms with Gasteiger partial charge in [-0.2, -0.15) is 8.42 Å². The molecule has 0 amide bonds. The summed E-state index contributed by atoms with van der Waals surface area (Å²) in [7, 11) is -0.439. The van der Waals surface area contributed by atoms with Crippen LogP contribution in [0.15, 0.2) is 51.7 Å². The van der Waals surface area contributed by atoms with E-state index in [-0.39, 0.29) is 17.1 Å². The van der Waals surface area contributed by atoms with Gasteiger partial charge in [-0.1, -0.05) is 48.9 Å². The molecule has 0 bridgehead atoms. The van der Waals surface area contributed by atoms with Crippen molar-refractivity contribution in [3.05, 3.63) is 74.6 Å². The number of nitrogens with zero attached hydrogens (tertiary/aromatic N) is 1. The van der Waals surface area contributed by atoms with Gasteiger partial charge in [-0.05, 0) is 36.9 Å². The predicted octanol–water partition coefficient (Wildman–Crippen LogP) is 3.37. The van der Waals surface area contributed by atoms with Crippen molar-refractivity contribution in [3.63, 3.8) is 0 Å². The number of nitrogens with one attached hydrogen (secondary N) is 2. The molecule has 3 aromatic rings. The highest BCUT2D eigenvalue weighted by Gasteiger charge is 2.19. The molecule has 0 unspecified atom stereocenters. The van der Waals surface area contributed by atoms with Crippen molar-refractivity contribution in [2.75, 3.05) is 25.4 Å². The quantitative estimate of drug-likeness (QED) is 0.514. The zero-order valence-electron chi connectivity index (χ0n) is 17.0. The molecular weight excluding hydrogens is 426 g/mol. The summed E-state index contributed by atoms with van der Waals surface area (Å²) in [5.74, 6) is 0. The molecule has 9 heteroatoms. The molecule has 1 heterocycles. The first-order chi connectivity index (χ1) is 14.3. The molecule has 0 aliphatic carbocycles. The lowest BCUT2D eigenvalue weighted by molar-refractivity contribution is 0.344. The van der Waals surface area contributed by atoms with Gasteiger partial charge in [0.05, 0.1) is 10.7 Å². The maximum absolute atomic E-state index is 12.8. The molecule has 0 aliphatic rings. The van der Waals surface area contributed by atoms with E-state index in [4.69, 9.17) is 16.0 Å². The largest absolute Gasteiger partial charge is 0.423 e. The van der Waals surface area contributed by atoms with E-state index in [1.165, 1.54) is 7.05 Å². The van der Waals surface area contributed by atoms with Crippen LogP contribution in [0.5, 0.6) is 0 Å². The zero-order chi connectivity index (χ0) is 21.9. The number of para-hydroxylation sites is 1. The average molecular weight is 450 g/mol. The Balaban J connectivity index is 2.11. The smallest absolute Gasteiger partial charge is 0.340 e. The third-order valence-corrected chi connectivity index (χ3v) is 6.42. The Morgan fingerprint density at radius 2 is 1.83 bits per heavy atom. The van der Waals surface area contributed by atoms with Crippen LogP contribution in [0.1, 0.15) is 23.6 Å². The normalized spacial score (nSPS) is 11.9. The second kappa shape index (κ2) is 9.18. The lowest BCUT2D eigenvalue weighted by Gasteiger charge is -2.19. The van der Waals surface area contributed by atoms with E-state index < -0.39 is 15.8 Å². The summed E-state index contributed by atoms with van der Waals surface area (Å²) in [4.78, 5) is 15.0. The van der Waals surface area contributed by atoms with Crippen molar-refractivity contribution in [1.82, 2.24) is 9.62 Å². The fourth-order valence-corrected chi connectivity index (χ4v) is 4.03. The van der Waals surface area contributed by atoms with Gasteiger partial charge in [0, 0.05) is 31.0 Å². The van der Waals surface area contributed by atoms with Gasteiger partial charge in [-0.15, -0.1) is 0 Å². The number of hydrogen-bond donors (Lipinski definition) is 2. The van der Waals surface area contributed by atoms with Crippen LogP contribution in [0.2, 0.25) is 5.02 Å². The van der Waals surface area contributed by atoms with Crippen LogP contribution in [0.25, 0.3) is 11.0 Å². The van der Waals surface area contributed by atoms with E-state index >= 15 is 0 Å². The number of benzene rings is 2. The fourth-order valence-electron chi connectivity index (χ4n) is 3.17. The van der Waals surface area contributed by atoms with E-state index in [0.717, 1.165) is 17.5 Å². The minimum absolute atomic E-state index is 0.216. The molecule has 2 aromatic carbocycles. The van der Waals surface area contributed by atoms with Gasteiger partial charge in [0.15, 0.2) is 0 Å². The molecule has 0 atom stereocenters. The Hall–Kier alpha value is -2.39. The van der Waals surface area contributed by atoms with Crippen LogP contribution >= 0.6 is 11.6 Å². The van der Waals surface area contributed by atoms with E-state index in [1.54, 1.807) is 24.3 Å². The highest BCUT2D eigenvalue weighted by Crippen LogP contribution is 2.30. The topological polar surface area (TPSA) is 91.7 Å². The predicted molar refractivity (Wildman–Crippen MR) is 120 cm³/mol. The van der Waals surface area contributed by atoms with E-state index in [0.29, 0.717) is 23.3 Å². The average Bonchev–Trinajstić information content (AvgIpc) is 2.72. The molecule has 0 fully saturated rings. The van der Waals surface area contributed by atoms with Gasteiger partial charge in [-0.3, -0.25) is 4.72 Å². The molecule has 0 saturated carbocycles. The van der Waals surface area contributed by atoms with E-state index in [2.05, 4.69) is 14.3 Å². The maximum Gasteiger partial charge on any atom is 0.340 e. The second-order valence-corrected chi connectivity index (χ2v) is 8.94. The molecule has 7 nitrogen and oxygen atoms in total. The minimum Gasteiger partial charge on any atom is -0.423 e. The lowest BCUT2D eigenvalue weighted by Crippen LogP contribution is -2.26. The summed E-state index contributed by atoms with van der Waals surface area (Å²) in [6, 6.07) is 12.5. The monoisotopic (exact) mass is 449 g/mol. The Labute approximate surface area is 180 Å². The van der Waals surface area contributed by atoms with Crippen LogP contribution < -0.4 is 15.1 Å². The van der Waals surface area contributed by atoms with Crippen molar-refractivity contribution in [2.24, 2.45) is 0 Å². The summed E-state index contributed by atoms with van der Waals surface area (Å²) in [5.41, 5.74) is 2.35. The first-order valence-corrected chi connectivity index (χ1v) is 11.3. The maximum atomic E-state index is 12.8. The van der Waals surface area contributed by atoms with Gasteiger partial charge in [-0.25, -0.2) is 9.52 Å². The molecule has 30 heavy (non-hydrogen) atoms. The highest BCUT2D eigenvalue weighted by molar-refractivity contribution is 7.90. The van der Waals surface area contributed by atoms with Gasteiger partial charge in [0.1, 0.15) is 5.58 Å². The van der Waals surface area contributed by atoms with E-state index in [1.807, 2.05) is 32.2 Å². The van der Waals surface area contributed by atoms with Crippen LogP contribution in [-0.2, 0) is 23.2 Å². The number of anilines is 1. The van der Waals surface area contributed by atoms with Crippen molar-refractivity contribution in [1.29, 1.82) is 0 Å². The molecule has 3 rings (SSSR count). The van der Waals surface area contributed by atoms with Crippen LogP contribution in [0.3, 0.4) is 0 Å². The second-order valence-electron chi connectivity index (χ2n) is 6.94. The van der Waals surface area contributed by atoms with Crippen molar-refractivity contribution < 1.29 is 12.8 Å². The van der Waals surface area contributed by atoms with Gasteiger partial charge in [0.2, 0.25) is 0 Å². The third kappa shape index (κ3) is 4.84. The Morgan fingerprint density at radius 1 is 1.10 bits per heavy atom. The molecule has 1 aromatic heterocycles. The number of halogens is 1. The third-order valence-electron chi connectivity index (χ3n) is 4.95. The molecule has 160 valence electrons. The minimum atomic E-state index is -3.72. The Bertz CT molecular complexity index is 1220. The number of rotatable bonds is 8. The van der Waals surface area contributed by atoms with Gasteiger partial charge < -0.3 is 9.32 Å².